The molecule has 0 unspecified atom stereocenters. The number of aliphatic hydroxyl groups is 1. The fourth-order valence-corrected chi connectivity index (χ4v) is 1.34. The van der Waals surface area contributed by atoms with E-state index in [0.717, 1.165) is 0 Å². The zero-order chi connectivity index (χ0) is 11.4. The molecule has 1 rings (SSSR count). The largest absolute Gasteiger partial charge is 0.395 e. The molecule has 0 bridgehead atoms. The molecule has 0 aliphatic rings. The molecule has 0 fully saturated rings. The van der Waals surface area contributed by atoms with E-state index in [1.165, 1.54) is 30.1 Å². The third-order valence-electron chi connectivity index (χ3n) is 1.96. The second-order valence-electron chi connectivity index (χ2n) is 3.11. The number of likely N-dealkylation sites (N-methyl/N-ethyl adjacent to an activating group) is 1. The molecule has 0 radical (unpaired) electrons. The summed E-state index contributed by atoms with van der Waals surface area (Å²) in [5, 5.41) is 8.65. The Morgan fingerprint density at radius 3 is 2.87 bits per heavy atom. The van der Waals surface area contributed by atoms with E-state index in [1.54, 1.807) is 0 Å². The second kappa shape index (κ2) is 5.14. The molecular weight excluding hydrogens is 217 g/mol. The number of carbonyl (C=O) groups is 1. The van der Waals surface area contributed by atoms with Crippen LogP contribution in [0.15, 0.2) is 23.1 Å². The number of hydrogen-bond acceptors (Lipinski definition) is 3. The van der Waals surface area contributed by atoms with Crippen molar-refractivity contribution in [3.8, 4) is 0 Å². The maximum Gasteiger partial charge on any atom is 0.256 e. The highest BCUT2D eigenvalue weighted by atomic mass is 32.1. The second-order valence-corrected chi connectivity index (χ2v) is 3.63. The Kier molecular flexibility index (Phi) is 4.11. The summed E-state index contributed by atoms with van der Waals surface area (Å²) in [6, 6.07) is 4.04. The number of hydrogen-bond donors (Lipinski definition) is 2. The van der Waals surface area contributed by atoms with Crippen molar-refractivity contribution in [3.63, 3.8) is 0 Å². The van der Waals surface area contributed by atoms with Crippen molar-refractivity contribution in [3.05, 3.63) is 29.6 Å². The maximum absolute atomic E-state index is 13.3. The molecule has 0 aliphatic heterocycles. The fourth-order valence-electron chi connectivity index (χ4n) is 1.13. The number of halogens is 1. The number of carbonyl (C=O) groups excluding carboxylic acids is 1. The van der Waals surface area contributed by atoms with Gasteiger partial charge in [-0.1, -0.05) is 0 Å². The van der Waals surface area contributed by atoms with Crippen LogP contribution in [0, 0.1) is 5.82 Å². The van der Waals surface area contributed by atoms with Crippen molar-refractivity contribution in [1.82, 2.24) is 4.90 Å². The summed E-state index contributed by atoms with van der Waals surface area (Å²) < 4.78 is 13.3. The standard InChI is InChI=1S/C10H12FNO2S/c1-12(4-5-13)10(14)8-6-7(15)2-3-9(8)11/h2-3,6,13,15H,4-5H2,1H3. The molecule has 1 aromatic carbocycles. The van der Waals surface area contributed by atoms with Crippen LogP contribution in [0.3, 0.4) is 0 Å². The molecule has 0 saturated carbocycles. The van der Waals surface area contributed by atoms with Gasteiger partial charge in [0.25, 0.3) is 5.91 Å². The number of thiol groups is 1. The Balaban J connectivity index is 2.95. The van der Waals surface area contributed by atoms with Crippen LogP contribution in [0.25, 0.3) is 0 Å². The quantitative estimate of drug-likeness (QED) is 0.764. The van der Waals surface area contributed by atoms with Gasteiger partial charge in [0.2, 0.25) is 0 Å². The summed E-state index contributed by atoms with van der Waals surface area (Å²) in [4.78, 5) is 13.4. The Morgan fingerprint density at radius 2 is 2.27 bits per heavy atom. The smallest absolute Gasteiger partial charge is 0.256 e. The summed E-state index contributed by atoms with van der Waals surface area (Å²) >= 11 is 4.03. The van der Waals surface area contributed by atoms with Crippen molar-refractivity contribution >= 4 is 18.5 Å². The van der Waals surface area contributed by atoms with Gasteiger partial charge in [0.05, 0.1) is 12.2 Å². The van der Waals surface area contributed by atoms with Gasteiger partial charge in [-0.25, -0.2) is 4.39 Å². The molecule has 82 valence electrons. The average Bonchev–Trinajstić information content (AvgIpc) is 2.21. The number of rotatable bonds is 3. The zero-order valence-electron chi connectivity index (χ0n) is 8.27. The van der Waals surface area contributed by atoms with Crippen molar-refractivity contribution in [1.29, 1.82) is 0 Å². The molecule has 5 heteroatoms. The highest BCUT2D eigenvalue weighted by molar-refractivity contribution is 7.80. The van der Waals surface area contributed by atoms with E-state index in [9.17, 15) is 9.18 Å². The molecule has 3 nitrogen and oxygen atoms in total. The lowest BCUT2D eigenvalue weighted by molar-refractivity contribution is 0.0762. The van der Waals surface area contributed by atoms with Crippen LogP contribution < -0.4 is 0 Å². The van der Waals surface area contributed by atoms with Crippen molar-refractivity contribution in [2.75, 3.05) is 20.2 Å². The van der Waals surface area contributed by atoms with Crippen molar-refractivity contribution < 1.29 is 14.3 Å². The minimum atomic E-state index is -0.581. The molecule has 0 heterocycles. The highest BCUT2D eigenvalue weighted by Crippen LogP contribution is 2.14. The minimum Gasteiger partial charge on any atom is -0.395 e. The first-order valence-corrected chi connectivity index (χ1v) is 4.86. The van der Waals surface area contributed by atoms with Gasteiger partial charge in [-0.05, 0) is 18.2 Å². The predicted octanol–water partition coefficient (Wildman–Crippen LogP) is 1.18. The Hall–Kier alpha value is -1.07. The molecule has 0 atom stereocenters. The van der Waals surface area contributed by atoms with Crippen LogP contribution in [0.4, 0.5) is 4.39 Å². The van der Waals surface area contributed by atoms with E-state index >= 15 is 0 Å². The van der Waals surface area contributed by atoms with Crippen molar-refractivity contribution in [2.45, 2.75) is 4.90 Å². The molecular formula is C10H12FNO2S. The van der Waals surface area contributed by atoms with E-state index in [1.807, 2.05) is 0 Å². The van der Waals surface area contributed by atoms with E-state index < -0.39 is 11.7 Å². The van der Waals surface area contributed by atoms with Crippen LogP contribution >= 0.6 is 12.6 Å². The van der Waals surface area contributed by atoms with E-state index in [4.69, 9.17) is 5.11 Å². The first-order valence-electron chi connectivity index (χ1n) is 4.41. The third kappa shape index (κ3) is 2.94. The number of aliphatic hydroxyl groups excluding tert-OH is 1. The molecule has 1 amide bonds. The van der Waals surface area contributed by atoms with Gasteiger partial charge in [0.1, 0.15) is 5.82 Å². The normalized spacial score (nSPS) is 10.1. The third-order valence-corrected chi connectivity index (χ3v) is 2.24. The maximum atomic E-state index is 13.3. The lowest BCUT2D eigenvalue weighted by Crippen LogP contribution is -2.30. The topological polar surface area (TPSA) is 40.5 Å². The van der Waals surface area contributed by atoms with Gasteiger partial charge in [-0.3, -0.25) is 4.79 Å². The molecule has 0 aliphatic carbocycles. The minimum absolute atomic E-state index is 0.0292. The molecule has 0 spiro atoms. The Morgan fingerprint density at radius 1 is 1.60 bits per heavy atom. The van der Waals surface area contributed by atoms with Crippen LogP contribution in [-0.2, 0) is 0 Å². The highest BCUT2D eigenvalue weighted by Gasteiger charge is 2.15. The Bertz CT molecular complexity index is 370. The fraction of sp³-hybridized carbons (Fsp3) is 0.300. The predicted molar refractivity (Wildman–Crippen MR) is 57.7 cm³/mol. The summed E-state index contributed by atoms with van der Waals surface area (Å²) in [5.41, 5.74) is -0.0292. The van der Waals surface area contributed by atoms with Crippen molar-refractivity contribution in [2.24, 2.45) is 0 Å². The molecule has 0 saturated heterocycles. The van der Waals surface area contributed by atoms with Gasteiger partial charge >= 0.3 is 0 Å². The molecule has 1 aromatic rings. The monoisotopic (exact) mass is 229 g/mol. The van der Waals surface area contributed by atoms with E-state index in [0.29, 0.717) is 4.90 Å². The Labute approximate surface area is 92.9 Å². The molecule has 1 N–H and O–H groups in total. The first-order chi connectivity index (χ1) is 7.06. The average molecular weight is 229 g/mol. The lowest BCUT2D eigenvalue weighted by atomic mass is 10.2. The molecule has 15 heavy (non-hydrogen) atoms. The number of nitrogens with zero attached hydrogens (tertiary/aromatic N) is 1. The lowest BCUT2D eigenvalue weighted by Gasteiger charge is -2.16. The van der Waals surface area contributed by atoms with Gasteiger partial charge in [-0.15, -0.1) is 12.6 Å². The van der Waals surface area contributed by atoms with Gasteiger partial charge < -0.3 is 10.0 Å². The summed E-state index contributed by atoms with van der Waals surface area (Å²) in [5.74, 6) is -1.04. The van der Waals surface area contributed by atoms with Crippen LogP contribution in [0.2, 0.25) is 0 Å². The SMILES string of the molecule is CN(CCO)C(=O)c1cc(S)ccc1F. The van der Waals surface area contributed by atoms with E-state index in [2.05, 4.69) is 12.6 Å². The summed E-state index contributed by atoms with van der Waals surface area (Å²) in [6.45, 7) is 0.0273. The first kappa shape index (κ1) is 12.0. The van der Waals surface area contributed by atoms with Crippen LogP contribution in [-0.4, -0.2) is 36.1 Å². The van der Waals surface area contributed by atoms with Gasteiger partial charge in [-0.2, -0.15) is 0 Å². The van der Waals surface area contributed by atoms with Gasteiger partial charge in [0, 0.05) is 18.5 Å². The van der Waals surface area contributed by atoms with Gasteiger partial charge in [0.15, 0.2) is 0 Å². The van der Waals surface area contributed by atoms with Crippen LogP contribution in [0.1, 0.15) is 10.4 Å². The number of amides is 1. The van der Waals surface area contributed by atoms with Crippen LogP contribution in [0.5, 0.6) is 0 Å². The van der Waals surface area contributed by atoms with E-state index in [-0.39, 0.29) is 18.7 Å². The zero-order valence-corrected chi connectivity index (χ0v) is 9.17. The summed E-state index contributed by atoms with van der Waals surface area (Å²) in [7, 11) is 1.50. The summed E-state index contributed by atoms with van der Waals surface area (Å²) in [6.07, 6.45) is 0. The number of benzene rings is 1. The molecule has 0 aromatic heterocycles.